The number of fused-ring (bicyclic) bond motifs is 8. The molecular formula is C54H35NS. The smallest absolute Gasteiger partial charge is 0.0554 e. The Morgan fingerprint density at radius 1 is 0.321 bits per heavy atom. The van der Waals surface area contributed by atoms with E-state index in [1.807, 2.05) is 11.3 Å². The molecule has 1 nitrogen and oxygen atoms in total. The number of hydrogen-bond donors (Lipinski definition) is 0. The minimum atomic E-state index is 1.11. The molecule has 1 heterocycles. The van der Waals surface area contributed by atoms with Gasteiger partial charge in [0.25, 0.3) is 0 Å². The van der Waals surface area contributed by atoms with E-state index in [9.17, 15) is 0 Å². The molecule has 0 amide bonds. The zero-order chi connectivity index (χ0) is 37.0. The lowest BCUT2D eigenvalue weighted by molar-refractivity contribution is 1.30. The predicted octanol–water partition coefficient (Wildman–Crippen LogP) is 16.0. The van der Waals surface area contributed by atoms with Crippen LogP contribution in [0, 0.1) is 0 Å². The maximum atomic E-state index is 2.44. The average Bonchev–Trinajstić information content (AvgIpc) is 3.67. The van der Waals surface area contributed by atoms with Crippen molar-refractivity contribution in [2.45, 2.75) is 0 Å². The minimum absolute atomic E-state index is 1.11. The zero-order valence-corrected chi connectivity index (χ0v) is 31.4. The first-order valence-corrected chi connectivity index (χ1v) is 20.0. The fraction of sp³-hybridized carbons (Fsp3) is 0. The Kier molecular flexibility index (Phi) is 7.75. The zero-order valence-electron chi connectivity index (χ0n) is 30.6. The van der Waals surface area contributed by atoms with Gasteiger partial charge in [-0.3, -0.25) is 0 Å². The summed E-state index contributed by atoms with van der Waals surface area (Å²) in [5.74, 6) is 0. The highest BCUT2D eigenvalue weighted by atomic mass is 32.1. The van der Waals surface area contributed by atoms with Crippen LogP contribution in [-0.4, -0.2) is 0 Å². The first-order chi connectivity index (χ1) is 27.8. The third-order valence-corrected chi connectivity index (χ3v) is 12.5. The summed E-state index contributed by atoms with van der Waals surface area (Å²) >= 11 is 1.89. The second kappa shape index (κ2) is 13.4. The Hall–Kier alpha value is -7.00. The second-order valence-corrected chi connectivity index (χ2v) is 15.5. The Bertz CT molecular complexity index is 3230. The molecule has 0 aliphatic heterocycles. The van der Waals surface area contributed by atoms with Crippen molar-refractivity contribution < 1.29 is 0 Å². The number of thiophene rings is 1. The molecule has 0 N–H and O–H groups in total. The quantitative estimate of drug-likeness (QED) is 0.154. The molecule has 11 rings (SSSR count). The number of nitrogens with zero attached hydrogens (tertiary/aromatic N) is 1. The monoisotopic (exact) mass is 729 g/mol. The molecule has 11 aromatic rings. The molecule has 0 atom stereocenters. The van der Waals surface area contributed by atoms with E-state index in [-0.39, 0.29) is 0 Å². The van der Waals surface area contributed by atoms with Crippen molar-refractivity contribution in [2.75, 3.05) is 4.90 Å². The molecule has 0 bridgehead atoms. The van der Waals surface area contributed by atoms with Crippen molar-refractivity contribution in [3.05, 3.63) is 212 Å². The summed E-state index contributed by atoms with van der Waals surface area (Å²) < 4.78 is 2.62. The van der Waals surface area contributed by atoms with Crippen LogP contribution in [-0.2, 0) is 0 Å². The van der Waals surface area contributed by atoms with E-state index in [0.29, 0.717) is 0 Å². The Labute approximate surface area is 330 Å². The fourth-order valence-corrected chi connectivity index (χ4v) is 9.88. The van der Waals surface area contributed by atoms with Gasteiger partial charge in [-0.15, -0.1) is 11.3 Å². The van der Waals surface area contributed by atoms with Crippen LogP contribution in [0.5, 0.6) is 0 Å². The lowest BCUT2D eigenvalue weighted by atomic mass is 9.89. The molecule has 0 fully saturated rings. The first-order valence-electron chi connectivity index (χ1n) is 19.2. The van der Waals surface area contributed by atoms with E-state index in [2.05, 4.69) is 217 Å². The standard InChI is InChI=1S/C54H35NS/c1-2-13-36(14-3-1)37-25-30-41(31-26-37)55(51-23-12-24-52-53(51)49-34-29-38-15-4-7-19-45(38)54(49)56-52)42-32-27-39(28-33-42)43-17-8-9-21-47(43)50-35-40-16-5-6-18-44(40)46-20-10-11-22-48(46)50/h1-35H. The van der Waals surface area contributed by atoms with Crippen molar-refractivity contribution >= 4 is 80.9 Å². The molecule has 2 heteroatoms. The average molecular weight is 730 g/mol. The molecule has 0 saturated heterocycles. The van der Waals surface area contributed by atoms with E-state index < -0.39 is 0 Å². The largest absolute Gasteiger partial charge is 0.310 e. The minimum Gasteiger partial charge on any atom is -0.310 e. The number of anilines is 3. The van der Waals surface area contributed by atoms with Crippen LogP contribution in [0.25, 0.3) is 85.9 Å². The van der Waals surface area contributed by atoms with Crippen LogP contribution < -0.4 is 4.90 Å². The van der Waals surface area contributed by atoms with Gasteiger partial charge >= 0.3 is 0 Å². The second-order valence-electron chi connectivity index (χ2n) is 14.4. The molecule has 0 unspecified atom stereocenters. The summed E-state index contributed by atoms with van der Waals surface area (Å²) in [4.78, 5) is 2.44. The summed E-state index contributed by atoms with van der Waals surface area (Å²) in [5, 5.41) is 10.2. The maximum absolute atomic E-state index is 2.44. The summed E-state index contributed by atoms with van der Waals surface area (Å²) in [6.45, 7) is 0. The van der Waals surface area contributed by atoms with Gasteiger partial charge in [-0.05, 0) is 108 Å². The summed E-state index contributed by atoms with van der Waals surface area (Å²) in [7, 11) is 0. The van der Waals surface area contributed by atoms with Crippen LogP contribution in [0.2, 0.25) is 0 Å². The van der Waals surface area contributed by atoms with Crippen LogP contribution in [0.3, 0.4) is 0 Å². The van der Waals surface area contributed by atoms with E-state index in [1.165, 1.54) is 91.6 Å². The number of rotatable bonds is 6. The maximum Gasteiger partial charge on any atom is 0.0554 e. The molecule has 0 spiro atoms. The van der Waals surface area contributed by atoms with Crippen LogP contribution in [0.4, 0.5) is 17.1 Å². The highest BCUT2D eigenvalue weighted by Gasteiger charge is 2.20. The van der Waals surface area contributed by atoms with Gasteiger partial charge in [0.2, 0.25) is 0 Å². The van der Waals surface area contributed by atoms with Crippen molar-refractivity contribution in [2.24, 2.45) is 0 Å². The third-order valence-electron chi connectivity index (χ3n) is 11.3. The lowest BCUT2D eigenvalue weighted by Crippen LogP contribution is -2.10. The van der Waals surface area contributed by atoms with Crippen molar-refractivity contribution in [3.8, 4) is 33.4 Å². The van der Waals surface area contributed by atoms with Crippen LogP contribution >= 0.6 is 11.3 Å². The van der Waals surface area contributed by atoms with Gasteiger partial charge in [-0.2, -0.15) is 0 Å². The van der Waals surface area contributed by atoms with E-state index in [4.69, 9.17) is 0 Å². The van der Waals surface area contributed by atoms with Gasteiger partial charge in [0.05, 0.1) is 5.69 Å². The Morgan fingerprint density at radius 2 is 0.911 bits per heavy atom. The van der Waals surface area contributed by atoms with E-state index >= 15 is 0 Å². The van der Waals surface area contributed by atoms with Gasteiger partial charge in [-0.1, -0.05) is 170 Å². The van der Waals surface area contributed by atoms with E-state index in [1.54, 1.807) is 0 Å². The molecule has 0 radical (unpaired) electrons. The van der Waals surface area contributed by atoms with Crippen LogP contribution in [0.1, 0.15) is 0 Å². The molecular weight excluding hydrogens is 695 g/mol. The highest BCUT2D eigenvalue weighted by molar-refractivity contribution is 7.26. The van der Waals surface area contributed by atoms with Crippen molar-refractivity contribution in [1.82, 2.24) is 0 Å². The predicted molar refractivity (Wildman–Crippen MR) is 243 cm³/mol. The van der Waals surface area contributed by atoms with E-state index in [0.717, 1.165) is 11.4 Å². The Balaban J connectivity index is 1.08. The first kappa shape index (κ1) is 32.4. The van der Waals surface area contributed by atoms with Gasteiger partial charge in [0, 0.05) is 31.5 Å². The molecule has 56 heavy (non-hydrogen) atoms. The molecule has 262 valence electrons. The van der Waals surface area contributed by atoms with Gasteiger partial charge < -0.3 is 4.90 Å². The SMILES string of the molecule is c1ccc(-c2ccc(N(c3ccc(-c4ccccc4-c4cc5ccccc5c5ccccc45)cc3)c3cccc4sc5c6ccccc6ccc5c34)cc2)cc1. The molecule has 0 saturated carbocycles. The molecule has 0 aliphatic carbocycles. The van der Waals surface area contributed by atoms with Gasteiger partial charge in [-0.25, -0.2) is 0 Å². The topological polar surface area (TPSA) is 3.24 Å². The van der Waals surface area contributed by atoms with Gasteiger partial charge in [0.15, 0.2) is 0 Å². The normalized spacial score (nSPS) is 11.6. The molecule has 10 aromatic carbocycles. The van der Waals surface area contributed by atoms with Crippen molar-refractivity contribution in [3.63, 3.8) is 0 Å². The summed E-state index contributed by atoms with van der Waals surface area (Å²) in [6.07, 6.45) is 0. The molecule has 0 aliphatic rings. The Morgan fingerprint density at radius 3 is 1.68 bits per heavy atom. The van der Waals surface area contributed by atoms with Crippen molar-refractivity contribution in [1.29, 1.82) is 0 Å². The van der Waals surface area contributed by atoms with Crippen LogP contribution in [0.15, 0.2) is 212 Å². The highest BCUT2D eigenvalue weighted by Crippen LogP contribution is 2.47. The number of benzene rings is 10. The molecule has 1 aromatic heterocycles. The number of hydrogen-bond acceptors (Lipinski definition) is 2. The summed E-state index contributed by atoms with van der Waals surface area (Å²) in [6, 6.07) is 77.6. The fourth-order valence-electron chi connectivity index (χ4n) is 8.62. The van der Waals surface area contributed by atoms with Gasteiger partial charge in [0.1, 0.15) is 0 Å². The lowest BCUT2D eigenvalue weighted by Gasteiger charge is -2.27. The third kappa shape index (κ3) is 5.38. The summed E-state index contributed by atoms with van der Waals surface area (Å²) in [5.41, 5.74) is 10.7.